The largest absolute Gasteiger partial charge is 0.494 e. The number of nitrogens with one attached hydrogen (secondary N) is 2. The third kappa shape index (κ3) is 5.62. The highest BCUT2D eigenvalue weighted by molar-refractivity contribution is 7.94. The molecular formula is C31H35F2N7O4S. The van der Waals surface area contributed by atoms with Gasteiger partial charge >= 0.3 is 0 Å². The van der Waals surface area contributed by atoms with Crippen molar-refractivity contribution in [1.82, 2.24) is 24.6 Å². The third-order valence-electron chi connectivity index (χ3n) is 8.61. The first-order valence-corrected chi connectivity index (χ1v) is 16.3. The van der Waals surface area contributed by atoms with Gasteiger partial charge in [0.05, 0.1) is 51.0 Å². The number of anilines is 2. The van der Waals surface area contributed by atoms with Crippen LogP contribution in [0.1, 0.15) is 24.8 Å². The summed E-state index contributed by atoms with van der Waals surface area (Å²) in [6, 6.07) is 7.90. The van der Waals surface area contributed by atoms with E-state index in [1.54, 1.807) is 34.7 Å². The molecule has 11 nitrogen and oxygen atoms in total. The van der Waals surface area contributed by atoms with Crippen LogP contribution in [0.2, 0.25) is 0 Å². The highest BCUT2D eigenvalue weighted by Gasteiger charge is 2.36. The molecule has 1 amide bonds. The van der Waals surface area contributed by atoms with E-state index >= 15 is 0 Å². The molecule has 6 rings (SSSR count). The molecular weight excluding hydrogens is 604 g/mol. The van der Waals surface area contributed by atoms with Crippen molar-refractivity contribution in [3.8, 4) is 17.0 Å². The molecule has 2 aromatic heterocycles. The van der Waals surface area contributed by atoms with Crippen molar-refractivity contribution in [2.24, 2.45) is 4.36 Å². The van der Waals surface area contributed by atoms with Crippen LogP contribution < -0.4 is 15.4 Å². The van der Waals surface area contributed by atoms with E-state index < -0.39 is 27.5 Å². The quantitative estimate of drug-likeness (QED) is 0.277. The SMILES string of the molecule is CN=S(=O)(c1ccc(Nc2nccn3c(-c4ccc(OC)c(F)c4F)cnc23)cc1C)C1CCN(C(=O)C2CC(O)CN2)CC1. The topological polar surface area (TPSA) is 133 Å². The zero-order chi connectivity index (χ0) is 31.9. The number of aryl methyl sites for hydroxylation is 1. The predicted molar refractivity (Wildman–Crippen MR) is 166 cm³/mol. The molecule has 0 aliphatic carbocycles. The Kier molecular flexibility index (Phi) is 8.46. The van der Waals surface area contributed by atoms with Crippen molar-refractivity contribution in [2.75, 3.05) is 39.1 Å². The highest BCUT2D eigenvalue weighted by Crippen LogP contribution is 2.33. The summed E-state index contributed by atoms with van der Waals surface area (Å²) >= 11 is 0. The number of hydrogen-bond donors (Lipinski definition) is 3. The number of piperidine rings is 1. The Hall–Kier alpha value is -4.14. The second-order valence-electron chi connectivity index (χ2n) is 11.3. The van der Waals surface area contributed by atoms with Gasteiger partial charge in [0.25, 0.3) is 0 Å². The molecule has 3 unspecified atom stereocenters. The zero-order valence-electron chi connectivity index (χ0n) is 25.2. The lowest BCUT2D eigenvalue weighted by Gasteiger charge is -2.35. The van der Waals surface area contributed by atoms with E-state index in [4.69, 9.17) is 4.74 Å². The zero-order valence-corrected chi connectivity index (χ0v) is 26.0. The normalized spacial score (nSPS) is 20.3. The van der Waals surface area contributed by atoms with E-state index in [1.807, 2.05) is 13.0 Å². The number of hydrogen-bond acceptors (Lipinski definition) is 9. The Morgan fingerprint density at radius 1 is 1.18 bits per heavy atom. The van der Waals surface area contributed by atoms with Crippen LogP contribution in [-0.2, 0) is 14.5 Å². The summed E-state index contributed by atoms with van der Waals surface area (Å²) in [6.45, 7) is 3.26. The molecule has 4 heterocycles. The van der Waals surface area contributed by atoms with Gasteiger partial charge in [-0.3, -0.25) is 9.20 Å². The number of halogens is 2. The van der Waals surface area contributed by atoms with Gasteiger partial charge in [0.2, 0.25) is 11.7 Å². The molecule has 3 N–H and O–H groups in total. The second kappa shape index (κ2) is 12.3. The number of nitrogens with zero attached hydrogens (tertiary/aromatic N) is 5. The maximum absolute atomic E-state index is 14.9. The first kappa shape index (κ1) is 30.9. The van der Waals surface area contributed by atoms with Crippen LogP contribution in [0.5, 0.6) is 5.75 Å². The molecule has 14 heteroatoms. The summed E-state index contributed by atoms with van der Waals surface area (Å²) in [5.74, 6) is -1.93. The molecule has 2 aliphatic heterocycles. The van der Waals surface area contributed by atoms with Crippen molar-refractivity contribution in [1.29, 1.82) is 0 Å². The lowest BCUT2D eigenvalue weighted by molar-refractivity contribution is -0.134. The van der Waals surface area contributed by atoms with Crippen LogP contribution in [0.4, 0.5) is 20.3 Å². The van der Waals surface area contributed by atoms with E-state index in [1.165, 1.54) is 31.6 Å². The Balaban J connectivity index is 1.20. The average molecular weight is 640 g/mol. The van der Waals surface area contributed by atoms with Crippen molar-refractivity contribution in [3.63, 3.8) is 0 Å². The molecule has 2 aliphatic rings. The van der Waals surface area contributed by atoms with Crippen molar-refractivity contribution >= 4 is 32.8 Å². The van der Waals surface area contributed by atoms with Crippen molar-refractivity contribution in [2.45, 2.75) is 48.5 Å². The van der Waals surface area contributed by atoms with Gasteiger partial charge in [0, 0.05) is 50.3 Å². The fourth-order valence-electron chi connectivity index (χ4n) is 6.23. The first-order valence-electron chi connectivity index (χ1n) is 14.7. The van der Waals surface area contributed by atoms with Crippen LogP contribution in [-0.4, -0.2) is 85.7 Å². The summed E-state index contributed by atoms with van der Waals surface area (Å²) in [6.07, 6.45) is 5.61. The first-order chi connectivity index (χ1) is 21.6. The number of carbonyl (C=O) groups excluding carboxylic acids is 1. The van der Waals surface area contributed by atoms with E-state index in [0.29, 0.717) is 66.6 Å². The molecule has 4 aromatic rings. The number of aromatic nitrogens is 3. The highest BCUT2D eigenvalue weighted by atomic mass is 32.2. The van der Waals surface area contributed by atoms with Gasteiger partial charge in [-0.1, -0.05) is 0 Å². The number of fused-ring (bicyclic) bond motifs is 1. The van der Waals surface area contributed by atoms with Gasteiger partial charge in [-0.05, 0) is 62.1 Å². The van der Waals surface area contributed by atoms with Crippen molar-refractivity contribution in [3.05, 3.63) is 66.1 Å². The number of likely N-dealkylation sites (tertiary alicyclic amines) is 1. The van der Waals surface area contributed by atoms with Crippen LogP contribution in [0.25, 0.3) is 16.9 Å². The molecule has 45 heavy (non-hydrogen) atoms. The number of imidazole rings is 1. The molecule has 0 spiro atoms. The van der Waals surface area contributed by atoms with E-state index in [9.17, 15) is 22.9 Å². The Morgan fingerprint density at radius 3 is 2.62 bits per heavy atom. The van der Waals surface area contributed by atoms with Gasteiger partial charge in [0.15, 0.2) is 23.0 Å². The Morgan fingerprint density at radius 2 is 1.96 bits per heavy atom. The van der Waals surface area contributed by atoms with Gasteiger partial charge in [-0.2, -0.15) is 4.39 Å². The van der Waals surface area contributed by atoms with E-state index in [2.05, 4.69) is 25.0 Å². The van der Waals surface area contributed by atoms with Gasteiger partial charge in [0.1, 0.15) is 0 Å². The molecule has 2 fully saturated rings. The maximum atomic E-state index is 14.9. The smallest absolute Gasteiger partial charge is 0.239 e. The number of aliphatic hydroxyl groups excluding tert-OH is 1. The molecule has 2 aromatic carbocycles. The summed E-state index contributed by atoms with van der Waals surface area (Å²) in [5, 5.41) is 15.9. The summed E-state index contributed by atoms with van der Waals surface area (Å²) in [7, 11) is 0.0667. The van der Waals surface area contributed by atoms with E-state index in [-0.39, 0.29) is 28.5 Å². The Bertz CT molecular complexity index is 1880. The molecule has 3 atom stereocenters. The minimum Gasteiger partial charge on any atom is -0.494 e. The average Bonchev–Trinajstić information content (AvgIpc) is 3.69. The number of aliphatic hydroxyl groups is 1. The van der Waals surface area contributed by atoms with Crippen LogP contribution in [0.3, 0.4) is 0 Å². The number of rotatable bonds is 7. The molecule has 2 saturated heterocycles. The number of carbonyl (C=O) groups is 1. The third-order valence-corrected chi connectivity index (χ3v) is 11.6. The maximum Gasteiger partial charge on any atom is 0.239 e. The Labute approximate surface area is 259 Å². The van der Waals surface area contributed by atoms with Crippen LogP contribution in [0.15, 0.2) is 58.2 Å². The standard InChI is InChI=1S/C31H35F2N7O4S/c1-18-14-19(38-29-30-37-17-24(40(30)13-10-35-29)22-5-6-25(44-3)28(33)27(22)32)4-7-26(18)45(43,34-2)21-8-11-39(12-9-21)31(42)23-15-20(41)16-36-23/h4-7,10,13-14,17,20-21,23,36,41H,8-9,11-12,15-16H2,1-3H3,(H,35,38). The lowest BCUT2D eigenvalue weighted by atomic mass is 10.1. The van der Waals surface area contributed by atoms with Crippen LogP contribution >= 0.6 is 0 Å². The number of ether oxygens (including phenoxy) is 1. The fraction of sp³-hybridized carbons (Fsp3) is 0.387. The number of benzene rings is 2. The monoisotopic (exact) mass is 639 g/mol. The second-order valence-corrected chi connectivity index (χ2v) is 13.9. The van der Waals surface area contributed by atoms with Crippen molar-refractivity contribution < 1.29 is 27.6 Å². The lowest BCUT2D eigenvalue weighted by Crippen LogP contribution is -2.48. The molecule has 238 valence electrons. The molecule has 0 radical (unpaired) electrons. The summed E-state index contributed by atoms with van der Waals surface area (Å²) in [5.41, 5.74) is 2.23. The number of amides is 1. The summed E-state index contributed by atoms with van der Waals surface area (Å²) < 4.78 is 54.6. The summed E-state index contributed by atoms with van der Waals surface area (Å²) in [4.78, 5) is 24.2. The van der Waals surface area contributed by atoms with Gasteiger partial charge in [-0.25, -0.2) is 22.9 Å². The van der Waals surface area contributed by atoms with Crippen LogP contribution in [0, 0.1) is 18.6 Å². The number of methoxy groups -OCH3 is 1. The minimum atomic E-state index is -2.78. The predicted octanol–water partition coefficient (Wildman–Crippen LogP) is 3.91. The van der Waals surface area contributed by atoms with E-state index in [0.717, 1.165) is 5.56 Å². The minimum absolute atomic E-state index is 0.0222. The number of β-amino-alcohol motifs (C(OH)–C–C–N with tert-alkyl or cyclic N) is 1. The molecule has 0 bridgehead atoms. The van der Waals surface area contributed by atoms with Gasteiger partial charge in [-0.15, -0.1) is 0 Å². The fourth-order valence-corrected chi connectivity index (χ4v) is 8.72. The van der Waals surface area contributed by atoms with Gasteiger partial charge < -0.3 is 25.4 Å². The molecule has 0 saturated carbocycles.